The molecular formula is C21H33N3O4S. The molecule has 0 saturated carbocycles. The summed E-state index contributed by atoms with van der Waals surface area (Å²) >= 11 is 0. The van der Waals surface area contributed by atoms with E-state index in [0.29, 0.717) is 16.7 Å². The van der Waals surface area contributed by atoms with Crippen molar-refractivity contribution >= 4 is 21.9 Å². The van der Waals surface area contributed by atoms with Gasteiger partial charge in [0.1, 0.15) is 0 Å². The number of rotatable bonds is 12. The van der Waals surface area contributed by atoms with Crippen LogP contribution in [0.5, 0.6) is 0 Å². The SMILES string of the molecule is CCCCCCC#Cc1cccc(NS(=O)(=O)N[C@H](CC(=O)[O-])C[N+](C)(C)C)c1. The van der Waals surface area contributed by atoms with Gasteiger partial charge in [0.2, 0.25) is 0 Å². The number of hydrogen-bond acceptors (Lipinski definition) is 4. The molecule has 0 fully saturated rings. The van der Waals surface area contributed by atoms with E-state index in [1.807, 2.05) is 27.2 Å². The maximum atomic E-state index is 12.5. The molecule has 0 radical (unpaired) electrons. The standard InChI is InChI=1S/C21H33N3O4S/c1-5-6-7-8-9-10-12-18-13-11-14-19(15-18)22-29(27,28)23-20(16-21(25)26)17-24(2,3)4/h11,13-15,20,22-23H,5-9,16-17H2,1-4H3/t20-/m1/s1. The summed E-state index contributed by atoms with van der Waals surface area (Å²) in [4.78, 5) is 11.0. The van der Waals surface area contributed by atoms with Gasteiger partial charge in [0.15, 0.2) is 0 Å². The number of unbranched alkanes of at least 4 members (excludes halogenated alkanes) is 4. The second-order valence-electron chi connectivity index (χ2n) is 8.16. The molecule has 0 saturated heterocycles. The minimum absolute atomic E-state index is 0.304. The predicted octanol–water partition coefficient (Wildman–Crippen LogP) is 1.47. The molecule has 2 N–H and O–H groups in total. The fourth-order valence-corrected chi connectivity index (χ4v) is 3.97. The molecule has 8 heteroatoms. The van der Waals surface area contributed by atoms with Gasteiger partial charge in [0, 0.05) is 24.4 Å². The quantitative estimate of drug-likeness (QED) is 0.302. The van der Waals surface area contributed by atoms with Crippen molar-refractivity contribution in [2.45, 2.75) is 51.5 Å². The summed E-state index contributed by atoms with van der Waals surface area (Å²) in [5, 5.41) is 11.0. The van der Waals surface area contributed by atoms with Crippen LogP contribution >= 0.6 is 0 Å². The third kappa shape index (κ3) is 12.2. The topological polar surface area (TPSA) is 98.3 Å². The lowest BCUT2D eigenvalue weighted by Crippen LogP contribution is -2.51. The van der Waals surface area contributed by atoms with Crippen molar-refractivity contribution < 1.29 is 22.8 Å². The minimum Gasteiger partial charge on any atom is -0.550 e. The molecule has 1 aromatic rings. The number of carboxylic acid groups (broad SMARTS) is 1. The number of carboxylic acids is 1. The number of aliphatic carboxylic acids is 1. The Labute approximate surface area is 175 Å². The summed E-state index contributed by atoms with van der Waals surface area (Å²) in [6.45, 7) is 2.47. The molecule has 0 bridgehead atoms. The Morgan fingerprint density at radius 3 is 2.55 bits per heavy atom. The Hall–Kier alpha value is -2.08. The number of anilines is 1. The fourth-order valence-electron chi connectivity index (χ4n) is 2.88. The van der Waals surface area contributed by atoms with E-state index in [-0.39, 0.29) is 0 Å². The molecule has 0 aliphatic heterocycles. The van der Waals surface area contributed by atoms with Crippen LogP contribution < -0.4 is 14.6 Å². The maximum absolute atomic E-state index is 12.5. The van der Waals surface area contributed by atoms with Gasteiger partial charge in [-0.15, -0.1) is 0 Å². The third-order valence-electron chi connectivity index (χ3n) is 4.01. The highest BCUT2D eigenvalue weighted by atomic mass is 32.2. The smallest absolute Gasteiger partial charge is 0.299 e. The van der Waals surface area contributed by atoms with Crippen LogP contribution in [-0.4, -0.2) is 52.6 Å². The maximum Gasteiger partial charge on any atom is 0.299 e. The van der Waals surface area contributed by atoms with E-state index >= 15 is 0 Å². The Morgan fingerprint density at radius 1 is 1.21 bits per heavy atom. The molecule has 0 spiro atoms. The van der Waals surface area contributed by atoms with Crippen molar-refractivity contribution in [1.29, 1.82) is 0 Å². The largest absolute Gasteiger partial charge is 0.550 e. The molecule has 0 aromatic heterocycles. The molecule has 0 heterocycles. The van der Waals surface area contributed by atoms with E-state index in [4.69, 9.17) is 0 Å². The number of benzene rings is 1. The van der Waals surface area contributed by atoms with Crippen molar-refractivity contribution in [1.82, 2.24) is 4.72 Å². The van der Waals surface area contributed by atoms with Crippen molar-refractivity contribution in [3.05, 3.63) is 29.8 Å². The number of quaternary nitrogens is 1. The van der Waals surface area contributed by atoms with Crippen molar-refractivity contribution in [3.63, 3.8) is 0 Å². The summed E-state index contributed by atoms with van der Waals surface area (Å²) < 4.78 is 30.2. The average molecular weight is 424 g/mol. The number of nitrogens with one attached hydrogen (secondary N) is 2. The number of nitrogens with zero attached hydrogens (tertiary/aromatic N) is 1. The van der Waals surface area contributed by atoms with Gasteiger partial charge in [-0.25, -0.2) is 0 Å². The first-order valence-electron chi connectivity index (χ1n) is 9.90. The van der Waals surface area contributed by atoms with Crippen molar-refractivity contribution in [2.24, 2.45) is 0 Å². The second-order valence-corrected chi connectivity index (χ2v) is 9.61. The summed E-state index contributed by atoms with van der Waals surface area (Å²) in [5.74, 6) is 4.86. The van der Waals surface area contributed by atoms with Crippen LogP contribution in [-0.2, 0) is 15.0 Å². The fraction of sp³-hybridized carbons (Fsp3) is 0.571. The average Bonchev–Trinajstić information content (AvgIpc) is 2.55. The number of carbonyl (C=O) groups excluding carboxylic acids is 1. The molecule has 1 rings (SSSR count). The first kappa shape index (κ1) is 25.0. The van der Waals surface area contributed by atoms with Crippen molar-refractivity contribution in [3.8, 4) is 11.8 Å². The number of carbonyl (C=O) groups is 1. The monoisotopic (exact) mass is 423 g/mol. The zero-order valence-corrected chi connectivity index (χ0v) is 18.6. The normalized spacial score (nSPS) is 12.7. The Kier molecular flexibility index (Phi) is 10.2. The van der Waals surface area contributed by atoms with E-state index in [0.717, 1.165) is 24.8 Å². The third-order valence-corrected chi connectivity index (χ3v) is 5.15. The molecular weight excluding hydrogens is 390 g/mol. The lowest BCUT2D eigenvalue weighted by molar-refractivity contribution is -0.871. The van der Waals surface area contributed by atoms with Gasteiger partial charge in [-0.1, -0.05) is 44.1 Å². The van der Waals surface area contributed by atoms with Crippen LogP contribution in [0.4, 0.5) is 5.69 Å². The molecule has 1 atom stereocenters. The van der Waals surface area contributed by atoms with Gasteiger partial charge in [0.25, 0.3) is 10.2 Å². The molecule has 0 unspecified atom stereocenters. The zero-order chi connectivity index (χ0) is 21.9. The van der Waals surface area contributed by atoms with Crippen LogP contribution in [0.1, 0.15) is 51.0 Å². The van der Waals surface area contributed by atoms with Crippen molar-refractivity contribution in [2.75, 3.05) is 32.4 Å². The Morgan fingerprint density at radius 2 is 1.93 bits per heavy atom. The van der Waals surface area contributed by atoms with Gasteiger partial charge >= 0.3 is 0 Å². The summed E-state index contributed by atoms with van der Waals surface area (Å²) in [6, 6.07) is 6.04. The van der Waals surface area contributed by atoms with Crippen LogP contribution in [0.15, 0.2) is 24.3 Å². The molecule has 29 heavy (non-hydrogen) atoms. The van der Waals surface area contributed by atoms with Gasteiger partial charge in [0.05, 0.1) is 39.4 Å². The lowest BCUT2D eigenvalue weighted by atomic mass is 10.1. The van der Waals surface area contributed by atoms with Crippen LogP contribution in [0.25, 0.3) is 0 Å². The minimum atomic E-state index is -3.95. The highest BCUT2D eigenvalue weighted by molar-refractivity contribution is 7.90. The van der Waals surface area contributed by atoms with E-state index in [1.54, 1.807) is 18.2 Å². The second kappa shape index (κ2) is 11.8. The van der Waals surface area contributed by atoms with Gasteiger partial charge < -0.3 is 14.4 Å². The van der Waals surface area contributed by atoms with Gasteiger partial charge in [-0.3, -0.25) is 4.72 Å². The highest BCUT2D eigenvalue weighted by Gasteiger charge is 2.23. The van der Waals surface area contributed by atoms with E-state index in [9.17, 15) is 18.3 Å². The molecule has 1 aromatic carbocycles. The van der Waals surface area contributed by atoms with Crippen LogP contribution in [0.3, 0.4) is 0 Å². The van der Waals surface area contributed by atoms with Gasteiger partial charge in [-0.05, 0) is 24.6 Å². The molecule has 0 aliphatic rings. The lowest BCUT2D eigenvalue weighted by Gasteiger charge is -2.29. The summed E-state index contributed by atoms with van der Waals surface area (Å²) in [5.41, 5.74) is 1.09. The molecule has 7 nitrogen and oxygen atoms in total. The Balaban J connectivity index is 2.77. The number of hydrogen-bond donors (Lipinski definition) is 2. The summed E-state index contributed by atoms with van der Waals surface area (Å²) in [7, 11) is 1.61. The van der Waals surface area contributed by atoms with E-state index < -0.39 is 28.6 Å². The zero-order valence-electron chi connectivity index (χ0n) is 17.8. The van der Waals surface area contributed by atoms with E-state index in [2.05, 4.69) is 28.2 Å². The summed E-state index contributed by atoms with van der Waals surface area (Å²) in [6.07, 6.45) is 5.02. The molecule has 162 valence electrons. The Bertz CT molecular complexity index is 820. The highest BCUT2D eigenvalue weighted by Crippen LogP contribution is 2.12. The molecule has 0 aliphatic carbocycles. The number of likely N-dealkylation sites (N-methyl/N-ethyl adjacent to an activating group) is 1. The van der Waals surface area contributed by atoms with Gasteiger partial charge in [-0.2, -0.15) is 13.1 Å². The van der Waals surface area contributed by atoms with E-state index in [1.165, 1.54) is 12.8 Å². The van der Waals surface area contributed by atoms with Crippen LogP contribution in [0.2, 0.25) is 0 Å². The van der Waals surface area contributed by atoms with Crippen LogP contribution in [0, 0.1) is 11.8 Å². The first-order valence-corrected chi connectivity index (χ1v) is 11.4. The molecule has 0 amide bonds. The first-order chi connectivity index (χ1) is 13.5. The predicted molar refractivity (Wildman–Crippen MR) is 114 cm³/mol.